The lowest BCUT2D eigenvalue weighted by molar-refractivity contribution is 0.601. The number of nitrogens with one attached hydrogen (secondary N) is 1. The molecule has 6 heteroatoms. The van der Waals surface area contributed by atoms with Gasteiger partial charge in [-0.1, -0.05) is 24.3 Å². The van der Waals surface area contributed by atoms with Gasteiger partial charge in [0.15, 0.2) is 0 Å². The minimum Gasteiger partial charge on any atom is -0.306 e. The number of pyridine rings is 1. The molecule has 0 atom stereocenters. The first-order valence-corrected chi connectivity index (χ1v) is 10.0. The molecule has 0 radical (unpaired) electrons. The lowest BCUT2D eigenvalue weighted by Gasteiger charge is -2.09. The Morgan fingerprint density at radius 3 is 2.41 bits per heavy atom. The van der Waals surface area contributed by atoms with Crippen molar-refractivity contribution in [2.75, 3.05) is 4.72 Å². The van der Waals surface area contributed by atoms with Crippen molar-refractivity contribution in [2.24, 2.45) is 0 Å². The molecular formula is C21H19N3O2S. The van der Waals surface area contributed by atoms with E-state index in [1.54, 1.807) is 30.3 Å². The van der Waals surface area contributed by atoms with Crippen LogP contribution in [0.5, 0.6) is 0 Å². The first-order chi connectivity index (χ1) is 12.9. The summed E-state index contributed by atoms with van der Waals surface area (Å²) in [7, 11) is -3.61. The molecule has 0 amide bonds. The number of anilines is 1. The second-order valence-electron chi connectivity index (χ2n) is 6.60. The fraction of sp³-hybridized carbons (Fsp3) is 0.0952. The topological polar surface area (TPSA) is 63.5 Å². The Bertz CT molecular complexity index is 1230. The Labute approximate surface area is 158 Å². The number of nitrogens with zero attached hydrogens (tertiary/aromatic N) is 2. The van der Waals surface area contributed by atoms with Gasteiger partial charge in [-0.25, -0.2) is 13.4 Å². The van der Waals surface area contributed by atoms with E-state index >= 15 is 0 Å². The highest BCUT2D eigenvalue weighted by molar-refractivity contribution is 7.92. The van der Waals surface area contributed by atoms with Gasteiger partial charge in [-0.3, -0.25) is 4.72 Å². The second-order valence-corrected chi connectivity index (χ2v) is 8.28. The predicted octanol–water partition coefficient (Wildman–Crippen LogP) is 4.42. The van der Waals surface area contributed by atoms with Gasteiger partial charge in [-0.2, -0.15) is 0 Å². The first-order valence-electron chi connectivity index (χ1n) is 8.56. The number of aryl methyl sites for hydroxylation is 2. The maximum Gasteiger partial charge on any atom is 0.261 e. The van der Waals surface area contributed by atoms with Crippen LogP contribution < -0.4 is 4.72 Å². The zero-order chi connectivity index (χ0) is 19.0. The average molecular weight is 377 g/mol. The SMILES string of the molecule is Cc1cccc(S(=O)(=O)Nc2ccc(-c3cn4ccc(C)cc4n3)cc2)c1. The molecule has 1 N–H and O–H groups in total. The van der Waals surface area contributed by atoms with Crippen molar-refractivity contribution in [3.8, 4) is 11.3 Å². The fourth-order valence-electron chi connectivity index (χ4n) is 2.93. The van der Waals surface area contributed by atoms with Crippen LogP contribution in [0.4, 0.5) is 5.69 Å². The molecule has 0 saturated heterocycles. The van der Waals surface area contributed by atoms with Crippen LogP contribution in [0.15, 0.2) is 78.0 Å². The largest absolute Gasteiger partial charge is 0.306 e. The molecule has 0 unspecified atom stereocenters. The van der Waals surface area contributed by atoms with E-state index in [2.05, 4.69) is 9.71 Å². The fourth-order valence-corrected chi connectivity index (χ4v) is 4.09. The van der Waals surface area contributed by atoms with Crippen LogP contribution in [0, 0.1) is 13.8 Å². The van der Waals surface area contributed by atoms with Gasteiger partial charge in [0, 0.05) is 23.6 Å². The molecule has 0 aliphatic rings. The molecule has 4 aromatic rings. The number of imidazole rings is 1. The quantitative estimate of drug-likeness (QED) is 0.573. The van der Waals surface area contributed by atoms with E-state index in [9.17, 15) is 8.42 Å². The Morgan fingerprint density at radius 1 is 0.926 bits per heavy atom. The summed E-state index contributed by atoms with van der Waals surface area (Å²) in [5, 5.41) is 0. The smallest absolute Gasteiger partial charge is 0.261 e. The van der Waals surface area contributed by atoms with Crippen molar-refractivity contribution in [3.63, 3.8) is 0 Å². The molecule has 2 aromatic heterocycles. The van der Waals surface area contributed by atoms with E-state index in [-0.39, 0.29) is 4.90 Å². The number of aromatic nitrogens is 2. The molecule has 0 aliphatic carbocycles. The lowest BCUT2D eigenvalue weighted by atomic mass is 10.1. The minimum absolute atomic E-state index is 0.252. The third-order valence-electron chi connectivity index (χ3n) is 4.35. The van der Waals surface area contributed by atoms with Gasteiger partial charge in [-0.05, 0) is 61.4 Å². The first kappa shape index (κ1) is 17.3. The van der Waals surface area contributed by atoms with Crippen LogP contribution in [-0.4, -0.2) is 17.8 Å². The average Bonchev–Trinajstić information content (AvgIpc) is 3.05. The monoisotopic (exact) mass is 377 g/mol. The van der Waals surface area contributed by atoms with Gasteiger partial charge < -0.3 is 4.40 Å². The van der Waals surface area contributed by atoms with Crippen molar-refractivity contribution in [2.45, 2.75) is 18.7 Å². The standard InChI is InChI=1S/C21H19N3O2S/c1-15-4-3-5-19(12-15)27(25,26)23-18-8-6-17(7-9-18)20-14-24-11-10-16(2)13-21(24)22-20/h3-14,23H,1-2H3. The van der Waals surface area contributed by atoms with Crippen LogP contribution in [0.25, 0.3) is 16.9 Å². The maximum absolute atomic E-state index is 12.5. The predicted molar refractivity (Wildman–Crippen MR) is 107 cm³/mol. The minimum atomic E-state index is -3.61. The molecule has 5 nitrogen and oxygen atoms in total. The van der Waals surface area contributed by atoms with Crippen LogP contribution in [0.3, 0.4) is 0 Å². The number of hydrogen-bond acceptors (Lipinski definition) is 3. The highest BCUT2D eigenvalue weighted by Gasteiger charge is 2.14. The van der Waals surface area contributed by atoms with Crippen LogP contribution in [0.2, 0.25) is 0 Å². The number of fused-ring (bicyclic) bond motifs is 1. The highest BCUT2D eigenvalue weighted by Crippen LogP contribution is 2.23. The summed E-state index contributed by atoms with van der Waals surface area (Å²) in [5.74, 6) is 0. The molecule has 0 bridgehead atoms. The van der Waals surface area contributed by atoms with E-state index < -0.39 is 10.0 Å². The van der Waals surface area contributed by atoms with Crippen LogP contribution in [-0.2, 0) is 10.0 Å². The van der Waals surface area contributed by atoms with Crippen molar-refractivity contribution < 1.29 is 8.42 Å². The molecule has 136 valence electrons. The van der Waals surface area contributed by atoms with E-state index in [0.717, 1.165) is 28.0 Å². The normalized spacial score (nSPS) is 11.6. The zero-order valence-electron chi connectivity index (χ0n) is 15.0. The van der Waals surface area contributed by atoms with Gasteiger partial charge in [0.05, 0.1) is 10.6 Å². The third kappa shape index (κ3) is 3.57. The second kappa shape index (κ2) is 6.55. The van der Waals surface area contributed by atoms with E-state index in [1.807, 2.05) is 61.0 Å². The highest BCUT2D eigenvalue weighted by atomic mass is 32.2. The van der Waals surface area contributed by atoms with Crippen molar-refractivity contribution >= 4 is 21.4 Å². The van der Waals surface area contributed by atoms with Crippen LogP contribution >= 0.6 is 0 Å². The Kier molecular flexibility index (Phi) is 4.20. The summed E-state index contributed by atoms with van der Waals surface area (Å²) in [5.41, 5.74) is 5.22. The molecule has 27 heavy (non-hydrogen) atoms. The van der Waals surface area contributed by atoms with Gasteiger partial charge in [0.25, 0.3) is 10.0 Å². The van der Waals surface area contributed by atoms with Gasteiger partial charge in [0.1, 0.15) is 5.65 Å². The molecule has 0 aliphatic heterocycles. The number of hydrogen-bond donors (Lipinski definition) is 1. The maximum atomic E-state index is 12.5. The summed E-state index contributed by atoms with van der Waals surface area (Å²) in [4.78, 5) is 4.88. The molecule has 2 aromatic carbocycles. The summed E-state index contributed by atoms with van der Waals surface area (Å²) in [6.07, 6.45) is 3.94. The van der Waals surface area contributed by atoms with Gasteiger partial charge in [0.2, 0.25) is 0 Å². The molecule has 0 fully saturated rings. The number of rotatable bonds is 4. The molecule has 0 saturated carbocycles. The Hall–Kier alpha value is -3.12. The zero-order valence-corrected chi connectivity index (χ0v) is 15.9. The Balaban J connectivity index is 1.60. The Morgan fingerprint density at radius 2 is 1.67 bits per heavy atom. The van der Waals surface area contributed by atoms with Crippen molar-refractivity contribution in [1.82, 2.24) is 9.38 Å². The summed E-state index contributed by atoms with van der Waals surface area (Å²) in [6.45, 7) is 3.90. The van der Waals surface area contributed by atoms with Gasteiger partial charge >= 0.3 is 0 Å². The summed E-state index contributed by atoms with van der Waals surface area (Å²) < 4.78 is 29.7. The van der Waals surface area contributed by atoms with E-state index in [4.69, 9.17) is 0 Å². The lowest BCUT2D eigenvalue weighted by Crippen LogP contribution is -2.12. The molecule has 4 rings (SSSR count). The van der Waals surface area contributed by atoms with Gasteiger partial charge in [-0.15, -0.1) is 0 Å². The van der Waals surface area contributed by atoms with Crippen molar-refractivity contribution in [1.29, 1.82) is 0 Å². The molecule has 2 heterocycles. The summed E-state index contributed by atoms with van der Waals surface area (Å²) in [6, 6.07) is 18.1. The number of sulfonamides is 1. The molecule has 0 spiro atoms. The molecular weight excluding hydrogens is 358 g/mol. The van der Waals surface area contributed by atoms with E-state index in [0.29, 0.717) is 5.69 Å². The van der Waals surface area contributed by atoms with Crippen LogP contribution in [0.1, 0.15) is 11.1 Å². The number of benzene rings is 2. The van der Waals surface area contributed by atoms with E-state index in [1.165, 1.54) is 0 Å². The third-order valence-corrected chi connectivity index (χ3v) is 5.73. The van der Waals surface area contributed by atoms with Crippen molar-refractivity contribution in [3.05, 3.63) is 84.2 Å². The summed E-state index contributed by atoms with van der Waals surface area (Å²) >= 11 is 0.